The highest BCUT2D eigenvalue weighted by Crippen LogP contribution is 2.24. The number of rotatable bonds is 3. The summed E-state index contributed by atoms with van der Waals surface area (Å²) in [5.74, 6) is 0.441. The molecule has 0 aliphatic carbocycles. The van der Waals surface area contributed by atoms with Crippen LogP contribution in [0.2, 0.25) is 0 Å². The molecule has 1 aliphatic heterocycles. The molecule has 1 aromatic heterocycles. The van der Waals surface area contributed by atoms with Crippen molar-refractivity contribution >= 4 is 11.6 Å². The number of aromatic nitrogens is 2. The first kappa shape index (κ1) is 15.0. The van der Waals surface area contributed by atoms with Gasteiger partial charge in [0.1, 0.15) is 0 Å². The van der Waals surface area contributed by atoms with Crippen LogP contribution in [0.3, 0.4) is 0 Å². The number of aryl methyl sites for hydroxylation is 1. The first-order valence-corrected chi connectivity index (χ1v) is 7.51. The van der Waals surface area contributed by atoms with E-state index in [1.54, 1.807) is 0 Å². The predicted octanol–water partition coefficient (Wildman–Crippen LogP) is 2.41. The molecule has 1 amide bonds. The maximum Gasteiger partial charge on any atom is 0.241 e. The number of anilines is 1. The molecule has 0 bridgehead atoms. The molecule has 2 N–H and O–H groups in total. The molecule has 0 spiro atoms. The van der Waals surface area contributed by atoms with E-state index in [0.29, 0.717) is 12.0 Å². The van der Waals surface area contributed by atoms with Crippen LogP contribution in [-0.4, -0.2) is 28.3 Å². The predicted molar refractivity (Wildman–Crippen MR) is 80.9 cm³/mol. The van der Waals surface area contributed by atoms with E-state index in [4.69, 9.17) is 0 Å². The lowest BCUT2D eigenvalue weighted by Gasteiger charge is -2.29. The molecule has 0 saturated carbocycles. The van der Waals surface area contributed by atoms with Crippen molar-refractivity contribution in [3.05, 3.63) is 11.4 Å². The third kappa shape index (κ3) is 2.87. The minimum absolute atomic E-state index is 0.0618. The van der Waals surface area contributed by atoms with Gasteiger partial charge in [-0.15, -0.1) is 0 Å². The van der Waals surface area contributed by atoms with Crippen LogP contribution in [0, 0.1) is 19.8 Å². The minimum atomic E-state index is -0.0926. The molecule has 5 nitrogen and oxygen atoms in total. The van der Waals surface area contributed by atoms with Gasteiger partial charge in [0.25, 0.3) is 0 Å². The summed E-state index contributed by atoms with van der Waals surface area (Å²) in [4.78, 5) is 12.5. The SMILES string of the molecule is Cc1nn(C(C)C)c(C)c1NC(=O)C1NCCCC1C. The maximum absolute atomic E-state index is 12.5. The molecular formula is C15H26N4O. The maximum atomic E-state index is 12.5. The normalized spacial score (nSPS) is 23.1. The van der Waals surface area contributed by atoms with E-state index in [1.807, 2.05) is 18.5 Å². The third-order valence-corrected chi connectivity index (χ3v) is 4.11. The van der Waals surface area contributed by atoms with Crippen molar-refractivity contribution in [1.82, 2.24) is 15.1 Å². The molecule has 5 heteroatoms. The van der Waals surface area contributed by atoms with Crippen molar-refractivity contribution < 1.29 is 4.79 Å². The fourth-order valence-electron chi connectivity index (χ4n) is 2.95. The van der Waals surface area contributed by atoms with Gasteiger partial charge < -0.3 is 10.6 Å². The Hall–Kier alpha value is -1.36. The number of amides is 1. The quantitative estimate of drug-likeness (QED) is 0.892. The molecule has 1 fully saturated rings. The van der Waals surface area contributed by atoms with E-state index in [9.17, 15) is 4.79 Å². The fraction of sp³-hybridized carbons (Fsp3) is 0.733. The molecule has 2 atom stereocenters. The average Bonchev–Trinajstić information content (AvgIpc) is 2.67. The second-order valence-corrected chi connectivity index (χ2v) is 6.12. The minimum Gasteiger partial charge on any atom is -0.322 e. The lowest BCUT2D eigenvalue weighted by Crippen LogP contribution is -2.48. The highest BCUT2D eigenvalue weighted by Gasteiger charge is 2.28. The van der Waals surface area contributed by atoms with Gasteiger partial charge in [-0.05, 0) is 53.0 Å². The summed E-state index contributed by atoms with van der Waals surface area (Å²) in [6.07, 6.45) is 2.25. The zero-order valence-corrected chi connectivity index (χ0v) is 13.2. The van der Waals surface area contributed by atoms with Crippen molar-refractivity contribution in [2.45, 2.75) is 59.5 Å². The van der Waals surface area contributed by atoms with E-state index in [1.165, 1.54) is 0 Å². The number of carbonyl (C=O) groups excluding carboxylic acids is 1. The molecule has 2 unspecified atom stereocenters. The van der Waals surface area contributed by atoms with Gasteiger partial charge in [-0.25, -0.2) is 0 Å². The first-order valence-electron chi connectivity index (χ1n) is 7.51. The summed E-state index contributed by atoms with van der Waals surface area (Å²) in [6.45, 7) is 11.2. The molecule has 2 heterocycles. The number of nitrogens with one attached hydrogen (secondary N) is 2. The van der Waals surface area contributed by atoms with Crippen LogP contribution in [0.25, 0.3) is 0 Å². The van der Waals surface area contributed by atoms with Crippen molar-refractivity contribution in [3.8, 4) is 0 Å². The van der Waals surface area contributed by atoms with Crippen LogP contribution >= 0.6 is 0 Å². The Kier molecular flexibility index (Phi) is 4.48. The number of carbonyl (C=O) groups is 1. The Bertz CT molecular complexity index is 492. The van der Waals surface area contributed by atoms with Crippen LogP contribution in [0.1, 0.15) is 51.0 Å². The van der Waals surface area contributed by atoms with E-state index >= 15 is 0 Å². The molecule has 112 valence electrons. The zero-order chi connectivity index (χ0) is 14.9. The lowest BCUT2D eigenvalue weighted by molar-refractivity contribution is -0.119. The summed E-state index contributed by atoms with van der Waals surface area (Å²) >= 11 is 0. The second kappa shape index (κ2) is 5.95. The summed E-state index contributed by atoms with van der Waals surface area (Å²) in [5.41, 5.74) is 2.77. The van der Waals surface area contributed by atoms with Gasteiger partial charge in [0.2, 0.25) is 5.91 Å². The van der Waals surface area contributed by atoms with E-state index in [2.05, 4.69) is 36.5 Å². The van der Waals surface area contributed by atoms with Crippen LogP contribution < -0.4 is 10.6 Å². The molecule has 1 aromatic rings. The van der Waals surface area contributed by atoms with Gasteiger partial charge in [-0.3, -0.25) is 9.48 Å². The van der Waals surface area contributed by atoms with E-state index in [0.717, 1.165) is 36.5 Å². The smallest absolute Gasteiger partial charge is 0.241 e. The topological polar surface area (TPSA) is 59.0 Å². The van der Waals surface area contributed by atoms with Crippen molar-refractivity contribution in [1.29, 1.82) is 0 Å². The Balaban J connectivity index is 2.15. The Morgan fingerprint density at radius 1 is 1.45 bits per heavy atom. The Morgan fingerprint density at radius 2 is 2.15 bits per heavy atom. The summed E-state index contributed by atoms with van der Waals surface area (Å²) in [5, 5.41) is 10.9. The van der Waals surface area contributed by atoms with Crippen molar-refractivity contribution in [3.63, 3.8) is 0 Å². The fourth-order valence-corrected chi connectivity index (χ4v) is 2.95. The monoisotopic (exact) mass is 278 g/mol. The van der Waals surface area contributed by atoms with Crippen LogP contribution in [0.4, 0.5) is 5.69 Å². The summed E-state index contributed by atoms with van der Waals surface area (Å²) in [7, 11) is 0. The first-order chi connectivity index (χ1) is 9.41. The second-order valence-electron chi connectivity index (χ2n) is 6.12. The zero-order valence-electron chi connectivity index (χ0n) is 13.2. The highest BCUT2D eigenvalue weighted by atomic mass is 16.2. The van der Waals surface area contributed by atoms with E-state index in [-0.39, 0.29) is 11.9 Å². The summed E-state index contributed by atoms with van der Waals surface area (Å²) < 4.78 is 1.96. The number of piperidine rings is 1. The van der Waals surface area contributed by atoms with Crippen molar-refractivity contribution in [2.75, 3.05) is 11.9 Å². The lowest BCUT2D eigenvalue weighted by atomic mass is 9.92. The van der Waals surface area contributed by atoms with Gasteiger partial charge in [0, 0.05) is 6.04 Å². The average molecular weight is 278 g/mol. The van der Waals surface area contributed by atoms with E-state index < -0.39 is 0 Å². The highest BCUT2D eigenvalue weighted by molar-refractivity contribution is 5.96. The van der Waals surface area contributed by atoms with Gasteiger partial charge in [-0.1, -0.05) is 6.92 Å². The Morgan fingerprint density at radius 3 is 2.70 bits per heavy atom. The van der Waals surface area contributed by atoms with Crippen LogP contribution in [-0.2, 0) is 4.79 Å². The molecule has 2 rings (SSSR count). The van der Waals surface area contributed by atoms with Gasteiger partial charge >= 0.3 is 0 Å². The van der Waals surface area contributed by atoms with Gasteiger partial charge in [0.15, 0.2) is 0 Å². The molecule has 0 aromatic carbocycles. The molecular weight excluding hydrogens is 252 g/mol. The van der Waals surface area contributed by atoms with Crippen LogP contribution in [0.15, 0.2) is 0 Å². The van der Waals surface area contributed by atoms with Gasteiger partial charge in [0.05, 0.1) is 23.1 Å². The standard InChI is InChI=1S/C15H26N4O/c1-9(2)19-12(5)14(11(4)18-19)17-15(20)13-10(3)7-6-8-16-13/h9-10,13,16H,6-8H2,1-5H3,(H,17,20). The Labute approximate surface area is 121 Å². The van der Waals surface area contributed by atoms with Crippen LogP contribution in [0.5, 0.6) is 0 Å². The third-order valence-electron chi connectivity index (χ3n) is 4.11. The van der Waals surface area contributed by atoms with Gasteiger partial charge in [-0.2, -0.15) is 5.10 Å². The van der Waals surface area contributed by atoms with Crippen molar-refractivity contribution in [2.24, 2.45) is 5.92 Å². The molecule has 20 heavy (non-hydrogen) atoms. The molecule has 1 aliphatic rings. The largest absolute Gasteiger partial charge is 0.322 e. The number of hydrogen-bond donors (Lipinski definition) is 2. The summed E-state index contributed by atoms with van der Waals surface area (Å²) in [6, 6.07) is 0.205. The molecule has 1 saturated heterocycles. The molecule has 0 radical (unpaired) electrons. The number of hydrogen-bond acceptors (Lipinski definition) is 3. The number of nitrogens with zero attached hydrogens (tertiary/aromatic N) is 2.